The van der Waals surface area contributed by atoms with E-state index in [1.807, 2.05) is 0 Å². The zero-order valence-corrected chi connectivity index (χ0v) is 46.0. The Labute approximate surface area is 475 Å². The summed E-state index contributed by atoms with van der Waals surface area (Å²) in [5.41, 5.74) is -2.30. The van der Waals surface area contributed by atoms with E-state index in [0.29, 0.717) is 0 Å². The lowest BCUT2D eigenvalue weighted by Crippen LogP contribution is -2.29. The number of benzene rings is 6. The summed E-state index contributed by atoms with van der Waals surface area (Å²) < 4.78 is 142. The number of carboxylic acids is 2. The number of rotatable bonds is 18. The molecule has 6 aromatic rings. The first-order chi connectivity index (χ1) is 39.4. The number of carbonyl (C=O) groups is 5. The summed E-state index contributed by atoms with van der Waals surface area (Å²) in [5.74, 6) is -4.22. The maximum absolute atomic E-state index is 13.4. The Hall–Kier alpha value is -9.87. The van der Waals surface area contributed by atoms with Crippen LogP contribution in [0.3, 0.4) is 0 Å². The number of urea groups is 1. The molecule has 2 aliphatic heterocycles. The molecule has 8 rings (SSSR count). The number of nitrogens with one attached hydrogen (secondary N) is 2. The molecule has 29 nitrogen and oxygen atoms in total. The average molecular weight is 1230 g/mol. The highest BCUT2D eigenvalue weighted by Gasteiger charge is 2.37. The standard InChI is InChI=1S/C51H40N10O19S4/c1-27-45(56-54-37-9-5-3-7-35(37)49(64)65)47(62)60(58-27)33-19-17-31(41(25-33)81(69,70)71)15-11-29-13-21-39(43(23-29)83(75,76)77)52-51(68)53-40-22-14-30(24-44(40)84(78,79)80)12-16-32-18-20-34(26-42(32)82(72,73)74)61-48(63)46(28(2)59-61)57-55-38-10-6-4-8-36(38)50(66)67/h3-26,45-46H,1-2H3,(H,64,65)(H,66,67)(H2,52,53,68)(H,69,70,71)(H,72,73,74)(H,75,76,77)(H,78,79,80)/b15-11+,16-12+,56-54?,57-55?. The number of nitrogens with zero attached hydrogens (tertiary/aromatic N) is 8. The minimum absolute atomic E-state index is 0.0501. The van der Waals surface area contributed by atoms with Crippen LogP contribution in [0.2, 0.25) is 0 Å². The molecule has 2 heterocycles. The monoisotopic (exact) mass is 1220 g/mol. The van der Waals surface area contributed by atoms with E-state index in [1.54, 1.807) is 0 Å². The number of carboxylic acid groups (broad SMARTS) is 2. The van der Waals surface area contributed by atoms with E-state index in [4.69, 9.17) is 0 Å². The molecule has 8 N–H and O–H groups in total. The van der Waals surface area contributed by atoms with Gasteiger partial charge in [-0.3, -0.25) is 27.8 Å². The highest BCUT2D eigenvalue weighted by Crippen LogP contribution is 2.33. The van der Waals surface area contributed by atoms with Gasteiger partial charge in [-0.2, -0.15) is 74.3 Å². The molecule has 2 aliphatic rings. The molecule has 0 bridgehead atoms. The van der Waals surface area contributed by atoms with Crippen LogP contribution in [-0.2, 0) is 50.1 Å². The van der Waals surface area contributed by atoms with Crippen molar-refractivity contribution in [2.75, 3.05) is 20.7 Å². The van der Waals surface area contributed by atoms with Crippen molar-refractivity contribution in [3.63, 3.8) is 0 Å². The number of carbonyl (C=O) groups excluding carboxylic acids is 3. The molecule has 2 unspecified atom stereocenters. The van der Waals surface area contributed by atoms with Crippen molar-refractivity contribution in [3.8, 4) is 0 Å². The maximum atomic E-state index is 13.4. The summed E-state index contributed by atoms with van der Waals surface area (Å²) in [5, 5.41) is 48.7. The minimum atomic E-state index is -5.20. The molecule has 0 aliphatic carbocycles. The van der Waals surface area contributed by atoms with Crippen LogP contribution in [0.5, 0.6) is 0 Å². The molecule has 432 valence electrons. The number of azo groups is 2. The van der Waals surface area contributed by atoms with Crippen molar-refractivity contribution in [1.29, 1.82) is 0 Å². The summed E-state index contributed by atoms with van der Waals surface area (Å²) in [6.45, 7) is 2.84. The lowest BCUT2D eigenvalue weighted by atomic mass is 10.1. The molecule has 0 spiro atoms. The Morgan fingerprint density at radius 3 is 1.19 bits per heavy atom. The van der Waals surface area contributed by atoms with Crippen LogP contribution in [0.4, 0.5) is 38.9 Å². The van der Waals surface area contributed by atoms with Gasteiger partial charge in [0.2, 0.25) is 0 Å². The van der Waals surface area contributed by atoms with Gasteiger partial charge in [0, 0.05) is 0 Å². The van der Waals surface area contributed by atoms with Crippen LogP contribution in [-0.4, -0.2) is 115 Å². The molecular weight excluding hydrogens is 1180 g/mol. The number of hydrogen-bond donors (Lipinski definition) is 8. The summed E-state index contributed by atoms with van der Waals surface area (Å²) in [7, 11) is -20.5. The summed E-state index contributed by atoms with van der Waals surface area (Å²) >= 11 is 0. The molecular formula is C51H40N10O19S4. The highest BCUT2D eigenvalue weighted by molar-refractivity contribution is 7.86. The Balaban J connectivity index is 0.977. The first kappa shape index (κ1) is 60.2. The second-order valence-corrected chi connectivity index (χ2v) is 23.3. The zero-order chi connectivity index (χ0) is 61.2. The molecule has 6 aromatic carbocycles. The van der Waals surface area contributed by atoms with E-state index in [0.717, 1.165) is 82.9 Å². The van der Waals surface area contributed by atoms with Crippen LogP contribution in [0.25, 0.3) is 24.3 Å². The Morgan fingerprint density at radius 2 is 0.845 bits per heavy atom. The second kappa shape index (κ2) is 23.5. The number of anilines is 4. The molecule has 0 aromatic heterocycles. The minimum Gasteiger partial charge on any atom is -0.478 e. The summed E-state index contributed by atoms with van der Waals surface area (Å²) in [6.07, 6.45) is 4.52. The molecule has 84 heavy (non-hydrogen) atoms. The fourth-order valence-corrected chi connectivity index (χ4v) is 10.8. The van der Waals surface area contributed by atoms with Crippen LogP contribution < -0.4 is 20.7 Å². The highest BCUT2D eigenvalue weighted by atomic mass is 32.2. The number of hydrazone groups is 2. The predicted octanol–water partition coefficient (Wildman–Crippen LogP) is 7.80. The van der Waals surface area contributed by atoms with Gasteiger partial charge in [0.15, 0.2) is 12.1 Å². The van der Waals surface area contributed by atoms with Crippen LogP contribution >= 0.6 is 0 Å². The van der Waals surface area contributed by atoms with Crippen molar-refractivity contribution < 1.29 is 86.1 Å². The molecule has 0 saturated carbocycles. The first-order valence-electron chi connectivity index (χ1n) is 23.5. The van der Waals surface area contributed by atoms with E-state index in [9.17, 15) is 86.1 Å². The van der Waals surface area contributed by atoms with Gasteiger partial charge in [-0.25, -0.2) is 14.4 Å². The van der Waals surface area contributed by atoms with E-state index < -0.39 is 113 Å². The fraction of sp³-hybridized carbons (Fsp3) is 0.0784. The molecule has 33 heteroatoms. The fourth-order valence-electron chi connectivity index (χ4n) is 8.07. The van der Waals surface area contributed by atoms with Gasteiger partial charge in [-0.15, -0.1) is 0 Å². The van der Waals surface area contributed by atoms with Crippen LogP contribution in [0, 0.1) is 0 Å². The molecule has 2 atom stereocenters. The Bertz CT molecular complexity index is 4190. The Kier molecular flexibility index (Phi) is 16.9. The number of aromatic carboxylic acids is 2. The third-order valence-electron chi connectivity index (χ3n) is 12.0. The second-order valence-electron chi connectivity index (χ2n) is 17.8. The van der Waals surface area contributed by atoms with Crippen molar-refractivity contribution in [1.82, 2.24) is 0 Å². The molecule has 0 saturated heterocycles. The smallest absolute Gasteiger partial charge is 0.337 e. The van der Waals surface area contributed by atoms with E-state index >= 15 is 0 Å². The largest absolute Gasteiger partial charge is 0.478 e. The predicted molar refractivity (Wildman–Crippen MR) is 300 cm³/mol. The zero-order valence-electron chi connectivity index (χ0n) is 42.7. The van der Waals surface area contributed by atoms with Crippen molar-refractivity contribution in [2.45, 2.75) is 45.5 Å². The number of hydrogen-bond acceptors (Lipinski definition) is 19. The summed E-state index contributed by atoms with van der Waals surface area (Å²) in [6, 6.07) is 19.9. The van der Waals surface area contributed by atoms with Gasteiger partial charge >= 0.3 is 18.0 Å². The van der Waals surface area contributed by atoms with Gasteiger partial charge in [0.1, 0.15) is 19.6 Å². The van der Waals surface area contributed by atoms with E-state index in [1.165, 1.54) is 86.6 Å². The van der Waals surface area contributed by atoms with Crippen LogP contribution in [0.1, 0.15) is 56.8 Å². The van der Waals surface area contributed by atoms with E-state index in [-0.39, 0.29) is 67.6 Å². The lowest BCUT2D eigenvalue weighted by molar-refractivity contribution is -0.118. The third kappa shape index (κ3) is 13.5. The Morgan fingerprint density at radius 1 is 0.488 bits per heavy atom. The van der Waals surface area contributed by atoms with E-state index in [2.05, 4.69) is 41.3 Å². The lowest BCUT2D eigenvalue weighted by Gasteiger charge is -2.15. The van der Waals surface area contributed by atoms with Gasteiger partial charge in [-0.1, -0.05) is 72.8 Å². The first-order valence-corrected chi connectivity index (χ1v) is 29.3. The van der Waals surface area contributed by atoms with Crippen LogP contribution in [0.15, 0.2) is 172 Å². The van der Waals surface area contributed by atoms with Gasteiger partial charge < -0.3 is 20.8 Å². The quantitative estimate of drug-likeness (QED) is 0.0231. The molecule has 0 fully saturated rings. The van der Waals surface area contributed by atoms with Crippen molar-refractivity contribution >= 4 is 140 Å². The molecule has 4 amide bonds. The topological polar surface area (TPSA) is 448 Å². The normalized spacial score (nSPS) is 16.1. The van der Waals surface area contributed by atoms with Crippen molar-refractivity contribution in [2.24, 2.45) is 30.7 Å². The summed E-state index contributed by atoms with van der Waals surface area (Å²) in [4.78, 5) is 60.0. The molecule has 0 radical (unpaired) electrons. The van der Waals surface area contributed by atoms with Gasteiger partial charge in [0.05, 0.1) is 56.7 Å². The number of amides is 4. The van der Waals surface area contributed by atoms with Gasteiger partial charge in [0.25, 0.3) is 52.3 Å². The van der Waals surface area contributed by atoms with Crippen molar-refractivity contribution in [3.05, 3.63) is 155 Å². The average Bonchev–Trinajstić information content (AvgIpc) is 3.23. The SMILES string of the molecule is CC1=NN(c2ccc(/C=C/c3ccc(NC(=O)Nc4ccc(/C=C/c5ccc(N6N=C(C)C(N=Nc7ccccc7C(=O)O)C6=O)cc5S(=O)(=O)O)cc4S(=O)(=O)O)c(S(=O)(=O)O)c3)c(S(=O)(=O)O)c2)C(=O)C1N=Nc1ccccc1C(=O)O. The van der Waals surface area contributed by atoms with Gasteiger partial charge in [-0.05, 0) is 109 Å². The maximum Gasteiger partial charge on any atom is 0.337 e. The third-order valence-corrected chi connectivity index (χ3v) is 15.6.